The van der Waals surface area contributed by atoms with E-state index in [1.807, 2.05) is 0 Å². The molecule has 1 N–H and O–H groups in total. The lowest BCUT2D eigenvalue weighted by atomic mass is 9.75. The maximum Gasteiger partial charge on any atom is 0.306 e. The average Bonchev–Trinajstić information content (AvgIpc) is 2.88. The van der Waals surface area contributed by atoms with Gasteiger partial charge in [-0.15, -0.1) is 0 Å². The lowest BCUT2D eigenvalue weighted by molar-refractivity contribution is -0.144. The fourth-order valence-electron chi connectivity index (χ4n) is 4.29. The molecule has 0 heterocycles. The van der Waals surface area contributed by atoms with Crippen LogP contribution in [-0.2, 0) is 9.59 Å². The van der Waals surface area contributed by atoms with Crippen LogP contribution in [0, 0.1) is 29.6 Å². The predicted molar refractivity (Wildman–Crippen MR) is 52.8 cm³/mol. The molecule has 0 radical (unpaired) electrons. The van der Waals surface area contributed by atoms with Gasteiger partial charge in [-0.2, -0.15) is 0 Å². The minimum absolute atomic E-state index is 0.197. The van der Waals surface area contributed by atoms with Crippen LogP contribution in [0.4, 0.5) is 0 Å². The molecule has 2 bridgehead atoms. The minimum atomic E-state index is -0.668. The second-order valence-corrected chi connectivity index (χ2v) is 5.20. The summed E-state index contributed by atoms with van der Waals surface area (Å²) in [6.45, 7) is 0. The fraction of sp³-hybridized carbons (Fsp3) is 0.750. The Labute approximate surface area is 88.2 Å². The predicted octanol–water partition coefficient (Wildman–Crippen LogP) is 1.51. The number of carboxylic acid groups (broad SMARTS) is 1. The number of carbonyl (C=O) groups excluding carboxylic acids is 1. The van der Waals surface area contributed by atoms with E-state index in [9.17, 15) is 9.59 Å². The standard InChI is InChI=1S/C12H14O3/c13-5-6-1-2-8-7-3-9(11(6)8)10(4-7)12(14)15/h7-11H,1-4H2,(H,14,15). The maximum atomic E-state index is 11.1. The van der Waals surface area contributed by atoms with Gasteiger partial charge >= 0.3 is 5.97 Å². The van der Waals surface area contributed by atoms with Gasteiger partial charge in [-0.1, -0.05) is 0 Å². The summed E-state index contributed by atoms with van der Waals surface area (Å²) in [5, 5.41) is 9.11. The third-order valence-electron chi connectivity index (χ3n) is 4.77. The summed E-state index contributed by atoms with van der Waals surface area (Å²) in [7, 11) is 0. The summed E-state index contributed by atoms with van der Waals surface area (Å²) in [4.78, 5) is 21.9. The quantitative estimate of drug-likeness (QED) is 0.662. The summed E-state index contributed by atoms with van der Waals surface area (Å²) in [5.41, 5.74) is 0.874. The number of carboxylic acids is 1. The fourth-order valence-corrected chi connectivity index (χ4v) is 4.29. The van der Waals surface area contributed by atoms with Gasteiger partial charge in [-0.3, -0.25) is 4.79 Å². The van der Waals surface area contributed by atoms with Crippen LogP contribution >= 0.6 is 0 Å². The Hall–Kier alpha value is -1.08. The van der Waals surface area contributed by atoms with Crippen molar-refractivity contribution in [3.05, 3.63) is 5.57 Å². The van der Waals surface area contributed by atoms with E-state index in [2.05, 4.69) is 5.94 Å². The molecule has 3 aliphatic carbocycles. The Morgan fingerprint density at radius 3 is 2.80 bits per heavy atom. The van der Waals surface area contributed by atoms with Crippen LogP contribution in [0.1, 0.15) is 25.7 Å². The van der Waals surface area contributed by atoms with Crippen LogP contribution in [0.3, 0.4) is 0 Å². The molecule has 80 valence electrons. The molecular weight excluding hydrogens is 192 g/mol. The van der Waals surface area contributed by atoms with E-state index in [0.717, 1.165) is 31.3 Å². The second kappa shape index (κ2) is 2.96. The lowest BCUT2D eigenvalue weighted by Gasteiger charge is -2.28. The van der Waals surface area contributed by atoms with Gasteiger partial charge < -0.3 is 5.11 Å². The lowest BCUT2D eigenvalue weighted by Crippen LogP contribution is -2.30. The maximum absolute atomic E-state index is 11.1. The van der Waals surface area contributed by atoms with Crippen LogP contribution in [-0.4, -0.2) is 17.0 Å². The van der Waals surface area contributed by atoms with Gasteiger partial charge in [0, 0.05) is 5.57 Å². The zero-order valence-electron chi connectivity index (χ0n) is 8.48. The van der Waals surface area contributed by atoms with E-state index in [1.165, 1.54) is 0 Å². The van der Waals surface area contributed by atoms with Gasteiger partial charge in [0.2, 0.25) is 0 Å². The monoisotopic (exact) mass is 206 g/mol. The zero-order valence-corrected chi connectivity index (χ0v) is 8.48. The largest absolute Gasteiger partial charge is 0.481 e. The molecule has 0 aliphatic heterocycles. The molecule has 3 saturated carbocycles. The molecule has 0 aromatic carbocycles. The van der Waals surface area contributed by atoms with E-state index in [-0.39, 0.29) is 17.8 Å². The molecule has 0 aromatic heterocycles. The Morgan fingerprint density at radius 1 is 1.33 bits per heavy atom. The first-order chi connectivity index (χ1) is 7.22. The SMILES string of the molecule is O=C=C1CCC2C3CC(C(=O)O)C(C3)C12. The first kappa shape index (κ1) is 9.17. The van der Waals surface area contributed by atoms with Crippen LogP contribution in [0.15, 0.2) is 5.57 Å². The molecule has 3 heteroatoms. The number of fused-ring (bicyclic) bond motifs is 5. The van der Waals surface area contributed by atoms with Crippen molar-refractivity contribution >= 4 is 11.9 Å². The summed E-state index contributed by atoms with van der Waals surface area (Å²) >= 11 is 0. The second-order valence-electron chi connectivity index (χ2n) is 5.20. The van der Waals surface area contributed by atoms with E-state index < -0.39 is 5.97 Å². The molecule has 0 spiro atoms. The highest BCUT2D eigenvalue weighted by Gasteiger charge is 2.57. The first-order valence-electron chi connectivity index (χ1n) is 5.69. The molecule has 3 fully saturated rings. The van der Waals surface area contributed by atoms with Crippen molar-refractivity contribution in [1.82, 2.24) is 0 Å². The normalized spacial score (nSPS) is 46.7. The number of carbonyl (C=O) groups is 1. The van der Waals surface area contributed by atoms with Crippen molar-refractivity contribution in [2.24, 2.45) is 29.6 Å². The molecule has 0 amide bonds. The summed E-state index contributed by atoms with van der Waals surface area (Å²) in [6, 6.07) is 0. The number of rotatable bonds is 1. The van der Waals surface area contributed by atoms with Gasteiger partial charge in [0.15, 0.2) is 0 Å². The first-order valence-corrected chi connectivity index (χ1v) is 5.69. The van der Waals surface area contributed by atoms with Crippen molar-refractivity contribution in [3.8, 4) is 0 Å². The van der Waals surface area contributed by atoms with Crippen LogP contribution < -0.4 is 0 Å². The molecule has 15 heavy (non-hydrogen) atoms. The van der Waals surface area contributed by atoms with Gasteiger partial charge in [0.05, 0.1) is 5.92 Å². The van der Waals surface area contributed by atoms with Gasteiger partial charge in [-0.05, 0) is 49.4 Å². The van der Waals surface area contributed by atoms with Gasteiger partial charge in [0.1, 0.15) is 5.94 Å². The Balaban J connectivity index is 1.94. The molecule has 3 nitrogen and oxygen atoms in total. The average molecular weight is 206 g/mol. The number of aliphatic carboxylic acids is 1. The van der Waals surface area contributed by atoms with Gasteiger partial charge in [-0.25, -0.2) is 4.79 Å². The molecule has 5 atom stereocenters. The van der Waals surface area contributed by atoms with E-state index in [4.69, 9.17) is 5.11 Å². The topological polar surface area (TPSA) is 54.4 Å². The molecule has 0 aromatic rings. The van der Waals surface area contributed by atoms with Crippen LogP contribution in [0.25, 0.3) is 0 Å². The van der Waals surface area contributed by atoms with Crippen LogP contribution in [0.5, 0.6) is 0 Å². The summed E-state index contributed by atoms with van der Waals surface area (Å²) < 4.78 is 0. The Bertz CT molecular complexity index is 367. The Kier molecular flexibility index (Phi) is 1.81. The van der Waals surface area contributed by atoms with Crippen molar-refractivity contribution in [1.29, 1.82) is 0 Å². The molecule has 0 saturated heterocycles. The molecule has 3 aliphatic rings. The highest BCUT2D eigenvalue weighted by Crippen LogP contribution is 2.62. The van der Waals surface area contributed by atoms with Gasteiger partial charge in [0.25, 0.3) is 0 Å². The summed E-state index contributed by atoms with van der Waals surface area (Å²) in [6.07, 6.45) is 3.81. The minimum Gasteiger partial charge on any atom is -0.481 e. The number of hydrogen-bond acceptors (Lipinski definition) is 2. The third-order valence-corrected chi connectivity index (χ3v) is 4.77. The van der Waals surface area contributed by atoms with E-state index in [1.54, 1.807) is 0 Å². The number of hydrogen-bond donors (Lipinski definition) is 1. The third kappa shape index (κ3) is 1.07. The van der Waals surface area contributed by atoms with Crippen molar-refractivity contribution in [2.45, 2.75) is 25.7 Å². The van der Waals surface area contributed by atoms with Crippen molar-refractivity contribution in [2.75, 3.05) is 0 Å². The molecule has 3 rings (SSSR count). The summed E-state index contributed by atoms with van der Waals surface area (Å²) in [5.74, 6) is 2.85. The molecule has 5 unspecified atom stereocenters. The van der Waals surface area contributed by atoms with Crippen molar-refractivity contribution < 1.29 is 14.7 Å². The Morgan fingerprint density at radius 2 is 2.13 bits per heavy atom. The van der Waals surface area contributed by atoms with E-state index in [0.29, 0.717) is 11.8 Å². The molecular formula is C12H14O3. The van der Waals surface area contributed by atoms with Crippen molar-refractivity contribution in [3.63, 3.8) is 0 Å². The zero-order chi connectivity index (χ0) is 10.6. The highest BCUT2D eigenvalue weighted by molar-refractivity contribution is 5.71. The number of allylic oxidation sites excluding steroid dienone is 1. The van der Waals surface area contributed by atoms with E-state index >= 15 is 0 Å². The smallest absolute Gasteiger partial charge is 0.306 e. The highest BCUT2D eigenvalue weighted by atomic mass is 16.4. The van der Waals surface area contributed by atoms with Crippen LogP contribution in [0.2, 0.25) is 0 Å².